The second kappa shape index (κ2) is 10.8. The van der Waals surface area contributed by atoms with Crippen molar-refractivity contribution >= 4 is 24.7 Å². The molecule has 0 fully saturated rings. The van der Waals surface area contributed by atoms with Crippen LogP contribution >= 0.6 is 12.6 Å². The first-order chi connectivity index (χ1) is 9.80. The molecule has 0 aromatic rings. The average molecular weight is 319 g/mol. The van der Waals surface area contributed by atoms with E-state index in [9.17, 15) is 9.59 Å². The number of unbranched alkanes of at least 4 members (excludes halogenated alkanes) is 2. The van der Waals surface area contributed by atoms with Gasteiger partial charge in [-0.3, -0.25) is 4.79 Å². The summed E-state index contributed by atoms with van der Waals surface area (Å²) >= 11 is 4.18. The number of thiol groups is 1. The Bertz CT molecular complexity index is 315. The molecule has 0 spiro atoms. The lowest BCUT2D eigenvalue weighted by Gasteiger charge is -2.19. The molecule has 6 heteroatoms. The van der Waals surface area contributed by atoms with Crippen molar-refractivity contribution in [3.8, 4) is 0 Å². The summed E-state index contributed by atoms with van der Waals surface area (Å²) in [6.07, 6.45) is 3.11. The molecule has 5 nitrogen and oxygen atoms in total. The average Bonchev–Trinajstić information content (AvgIpc) is 2.36. The summed E-state index contributed by atoms with van der Waals surface area (Å²) in [6, 6.07) is 0. The van der Waals surface area contributed by atoms with Gasteiger partial charge in [0.05, 0.1) is 12.5 Å². The number of esters is 1. The minimum absolute atomic E-state index is 0.132. The van der Waals surface area contributed by atoms with Crippen LogP contribution in [0.2, 0.25) is 0 Å². The Hall–Kier alpha value is -0.910. The van der Waals surface area contributed by atoms with E-state index in [2.05, 4.69) is 17.9 Å². The number of amides is 1. The third-order valence-corrected chi connectivity index (χ3v) is 3.18. The summed E-state index contributed by atoms with van der Waals surface area (Å²) in [5, 5.41) is 2.72. The molecule has 1 N–H and O–H groups in total. The highest BCUT2D eigenvalue weighted by molar-refractivity contribution is 7.80. The Labute approximate surface area is 133 Å². The van der Waals surface area contributed by atoms with Crippen LogP contribution in [0.15, 0.2) is 0 Å². The molecule has 0 aromatic carbocycles. The van der Waals surface area contributed by atoms with Gasteiger partial charge >= 0.3 is 12.1 Å². The molecule has 0 aromatic heterocycles. The molecule has 0 aliphatic rings. The van der Waals surface area contributed by atoms with Crippen molar-refractivity contribution < 1.29 is 19.1 Å². The molecule has 0 heterocycles. The highest BCUT2D eigenvalue weighted by atomic mass is 32.1. The minimum atomic E-state index is -0.469. The molecular weight excluding hydrogens is 290 g/mol. The first kappa shape index (κ1) is 20.1. The molecule has 21 heavy (non-hydrogen) atoms. The van der Waals surface area contributed by atoms with Gasteiger partial charge in [0, 0.05) is 12.3 Å². The number of hydrogen-bond donors (Lipinski definition) is 2. The number of carbonyl (C=O) groups excluding carboxylic acids is 2. The maximum atomic E-state index is 11.6. The van der Waals surface area contributed by atoms with Gasteiger partial charge in [-0.05, 0) is 40.5 Å². The first-order valence-electron chi connectivity index (χ1n) is 7.54. The Morgan fingerprint density at radius 2 is 1.86 bits per heavy atom. The predicted octanol–water partition coefficient (Wildman–Crippen LogP) is 3.18. The Morgan fingerprint density at radius 3 is 2.38 bits per heavy atom. The lowest BCUT2D eigenvalue weighted by molar-refractivity contribution is -0.147. The lowest BCUT2D eigenvalue weighted by atomic mass is 10.0. The van der Waals surface area contributed by atoms with Crippen LogP contribution in [0.4, 0.5) is 4.79 Å². The van der Waals surface area contributed by atoms with Crippen molar-refractivity contribution in [2.45, 2.75) is 59.0 Å². The second-order valence-corrected chi connectivity index (χ2v) is 6.27. The molecule has 1 unspecified atom stereocenters. The highest BCUT2D eigenvalue weighted by Gasteiger charge is 2.17. The molecular formula is C15H29NO4S. The van der Waals surface area contributed by atoms with Crippen molar-refractivity contribution in [3.05, 3.63) is 0 Å². The zero-order valence-electron chi connectivity index (χ0n) is 13.6. The number of nitrogens with one attached hydrogen (secondary N) is 1. The van der Waals surface area contributed by atoms with Gasteiger partial charge < -0.3 is 14.8 Å². The minimum Gasteiger partial charge on any atom is -0.466 e. The molecule has 0 aliphatic carbocycles. The summed E-state index contributed by atoms with van der Waals surface area (Å²) < 4.78 is 10.1. The van der Waals surface area contributed by atoms with Crippen molar-refractivity contribution in [2.75, 3.05) is 18.9 Å². The number of hydrogen-bond acceptors (Lipinski definition) is 5. The van der Waals surface area contributed by atoms with Gasteiger partial charge in [-0.15, -0.1) is 0 Å². The molecule has 0 aliphatic heterocycles. The van der Waals surface area contributed by atoms with E-state index in [1.165, 1.54) is 0 Å². The smallest absolute Gasteiger partial charge is 0.407 e. The largest absolute Gasteiger partial charge is 0.466 e. The van der Waals surface area contributed by atoms with Gasteiger partial charge in [-0.1, -0.05) is 12.8 Å². The summed E-state index contributed by atoms with van der Waals surface area (Å²) in [4.78, 5) is 23.0. The lowest BCUT2D eigenvalue weighted by Crippen LogP contribution is -2.33. The van der Waals surface area contributed by atoms with Crippen LogP contribution in [-0.4, -0.2) is 36.6 Å². The number of ether oxygens (including phenoxy) is 2. The first-order valence-corrected chi connectivity index (χ1v) is 8.17. The Morgan fingerprint density at radius 1 is 1.19 bits per heavy atom. The normalized spacial score (nSPS) is 12.6. The van der Waals surface area contributed by atoms with Gasteiger partial charge in [0.2, 0.25) is 0 Å². The predicted molar refractivity (Wildman–Crippen MR) is 86.7 cm³/mol. The summed E-state index contributed by atoms with van der Waals surface area (Å²) in [5.41, 5.74) is -0.469. The molecule has 0 rings (SSSR count). The van der Waals surface area contributed by atoms with Crippen LogP contribution in [0.1, 0.15) is 53.4 Å². The van der Waals surface area contributed by atoms with Gasteiger partial charge in [0.25, 0.3) is 0 Å². The van der Waals surface area contributed by atoms with E-state index in [4.69, 9.17) is 9.47 Å². The van der Waals surface area contributed by atoms with Crippen LogP contribution in [0.3, 0.4) is 0 Å². The van der Waals surface area contributed by atoms with E-state index in [1.54, 1.807) is 6.92 Å². The van der Waals surface area contributed by atoms with Crippen LogP contribution in [-0.2, 0) is 14.3 Å². The second-order valence-electron chi connectivity index (χ2n) is 5.91. The number of rotatable bonds is 9. The number of alkyl carbamates (subject to hydrolysis) is 1. The van der Waals surface area contributed by atoms with E-state index >= 15 is 0 Å². The van der Waals surface area contributed by atoms with Gasteiger partial charge in [0.15, 0.2) is 0 Å². The maximum Gasteiger partial charge on any atom is 0.407 e. The molecule has 1 atom stereocenters. The van der Waals surface area contributed by atoms with Crippen molar-refractivity contribution in [3.63, 3.8) is 0 Å². The fourth-order valence-corrected chi connectivity index (χ4v) is 2.07. The molecule has 0 saturated carbocycles. The number of carbonyl (C=O) groups is 2. The molecule has 0 radical (unpaired) electrons. The monoisotopic (exact) mass is 319 g/mol. The molecule has 0 bridgehead atoms. The SMILES string of the molecule is CCOC(=O)C(CS)CCCCCNC(=O)OC(C)(C)C. The van der Waals surface area contributed by atoms with Crippen molar-refractivity contribution in [1.29, 1.82) is 0 Å². The van der Waals surface area contributed by atoms with Gasteiger partial charge in [0.1, 0.15) is 5.60 Å². The van der Waals surface area contributed by atoms with Gasteiger partial charge in [-0.25, -0.2) is 4.79 Å². The van der Waals surface area contributed by atoms with Crippen molar-refractivity contribution in [1.82, 2.24) is 5.32 Å². The van der Waals surface area contributed by atoms with Crippen LogP contribution in [0.25, 0.3) is 0 Å². The zero-order chi connectivity index (χ0) is 16.3. The van der Waals surface area contributed by atoms with Crippen LogP contribution in [0.5, 0.6) is 0 Å². The van der Waals surface area contributed by atoms with E-state index in [-0.39, 0.29) is 18.0 Å². The fourth-order valence-electron chi connectivity index (χ4n) is 1.74. The molecule has 124 valence electrons. The summed E-state index contributed by atoms with van der Waals surface area (Å²) in [5.74, 6) is 0.209. The third kappa shape index (κ3) is 11.4. The highest BCUT2D eigenvalue weighted by Crippen LogP contribution is 2.13. The topological polar surface area (TPSA) is 64.6 Å². The van der Waals surface area contributed by atoms with Gasteiger partial charge in [-0.2, -0.15) is 12.6 Å². The Balaban J connectivity index is 3.67. The Kier molecular flexibility index (Phi) is 10.3. The molecule has 1 amide bonds. The quantitative estimate of drug-likeness (QED) is 0.389. The van der Waals surface area contributed by atoms with Crippen molar-refractivity contribution in [2.24, 2.45) is 5.92 Å². The summed E-state index contributed by atoms with van der Waals surface area (Å²) in [7, 11) is 0. The summed E-state index contributed by atoms with van der Waals surface area (Å²) in [6.45, 7) is 8.29. The van der Waals surface area contributed by atoms with Crippen LogP contribution < -0.4 is 5.32 Å². The van der Waals surface area contributed by atoms with E-state index in [0.29, 0.717) is 18.9 Å². The molecule has 0 saturated heterocycles. The zero-order valence-corrected chi connectivity index (χ0v) is 14.5. The van der Waals surface area contributed by atoms with E-state index < -0.39 is 5.60 Å². The maximum absolute atomic E-state index is 11.6. The van der Waals surface area contributed by atoms with E-state index in [0.717, 1.165) is 25.7 Å². The van der Waals surface area contributed by atoms with Crippen LogP contribution in [0, 0.1) is 5.92 Å². The van der Waals surface area contributed by atoms with E-state index in [1.807, 2.05) is 20.8 Å². The fraction of sp³-hybridized carbons (Fsp3) is 0.867. The third-order valence-electron chi connectivity index (χ3n) is 2.74. The standard InChI is InChI=1S/C15H29NO4S/c1-5-19-13(17)12(11-21)9-7-6-8-10-16-14(18)20-15(2,3)4/h12,21H,5-11H2,1-4H3,(H,16,18).